The van der Waals surface area contributed by atoms with Crippen LogP contribution >= 0.6 is 0 Å². The van der Waals surface area contributed by atoms with Crippen LogP contribution in [0.1, 0.15) is 72.6 Å². The molecule has 0 aliphatic heterocycles. The van der Waals surface area contributed by atoms with Crippen LogP contribution in [0.25, 0.3) is 0 Å². The van der Waals surface area contributed by atoms with E-state index in [9.17, 15) is 0 Å². The van der Waals surface area contributed by atoms with Gasteiger partial charge in [-0.1, -0.05) is 40.5 Å². The number of hydrogen-bond acceptors (Lipinski definition) is 3. The molecule has 3 heteroatoms. The highest BCUT2D eigenvalue weighted by Gasteiger charge is 2.38. The van der Waals surface area contributed by atoms with Gasteiger partial charge in [-0.05, 0) is 43.9 Å². The molecule has 1 aliphatic rings. The van der Waals surface area contributed by atoms with Crippen molar-refractivity contribution in [2.45, 2.75) is 78.2 Å². The van der Waals surface area contributed by atoms with E-state index in [0.717, 1.165) is 58.2 Å². The van der Waals surface area contributed by atoms with Crippen LogP contribution in [-0.2, 0) is 14.2 Å². The summed E-state index contributed by atoms with van der Waals surface area (Å²) in [5.41, 5.74) is 0.117. The molecule has 1 rings (SSSR count). The average Bonchev–Trinajstić information content (AvgIpc) is 2.49. The molecule has 0 aromatic heterocycles. The van der Waals surface area contributed by atoms with Crippen molar-refractivity contribution in [1.29, 1.82) is 0 Å². The van der Waals surface area contributed by atoms with Crippen LogP contribution in [0.5, 0.6) is 0 Å². The maximum atomic E-state index is 6.36. The first kappa shape index (κ1) is 19.9. The Bertz CT molecular complexity index is 267. The first-order valence-electron chi connectivity index (χ1n) is 9.40. The molecule has 0 aromatic carbocycles. The number of hydrogen-bond donors (Lipinski definition) is 0. The topological polar surface area (TPSA) is 27.7 Å². The summed E-state index contributed by atoms with van der Waals surface area (Å²) < 4.78 is 17.4. The van der Waals surface area contributed by atoms with Gasteiger partial charge in [0.1, 0.15) is 0 Å². The highest BCUT2D eigenvalue weighted by atomic mass is 16.5. The average molecular weight is 315 g/mol. The van der Waals surface area contributed by atoms with E-state index >= 15 is 0 Å². The van der Waals surface area contributed by atoms with Crippen LogP contribution in [0, 0.1) is 11.8 Å². The third kappa shape index (κ3) is 7.43. The Kier molecular flexibility index (Phi) is 10.3. The molecule has 2 unspecified atom stereocenters. The predicted octanol–water partition coefficient (Wildman–Crippen LogP) is 4.83. The maximum absolute atomic E-state index is 6.36. The molecule has 0 saturated heterocycles. The molecular formula is C19H38O3. The fraction of sp³-hybridized carbons (Fsp3) is 1.00. The van der Waals surface area contributed by atoms with Gasteiger partial charge >= 0.3 is 0 Å². The van der Waals surface area contributed by atoms with Gasteiger partial charge in [-0.2, -0.15) is 0 Å². The van der Waals surface area contributed by atoms with Crippen LogP contribution in [0.4, 0.5) is 0 Å². The van der Waals surface area contributed by atoms with E-state index in [0.29, 0.717) is 5.92 Å². The minimum atomic E-state index is 0.117. The Hall–Kier alpha value is -0.120. The van der Waals surface area contributed by atoms with Crippen molar-refractivity contribution in [1.82, 2.24) is 0 Å². The molecule has 22 heavy (non-hydrogen) atoms. The molecule has 1 saturated carbocycles. The zero-order valence-electron chi connectivity index (χ0n) is 15.4. The summed E-state index contributed by atoms with van der Waals surface area (Å²) in [5.74, 6) is 1.41. The lowest BCUT2D eigenvalue weighted by Crippen LogP contribution is -2.43. The van der Waals surface area contributed by atoms with Crippen molar-refractivity contribution in [2.24, 2.45) is 11.8 Å². The monoisotopic (exact) mass is 314 g/mol. The fourth-order valence-corrected chi connectivity index (χ4v) is 3.41. The van der Waals surface area contributed by atoms with E-state index in [-0.39, 0.29) is 5.60 Å². The van der Waals surface area contributed by atoms with Crippen LogP contribution in [0.15, 0.2) is 0 Å². The predicted molar refractivity (Wildman–Crippen MR) is 92.3 cm³/mol. The highest BCUT2D eigenvalue weighted by molar-refractivity contribution is 4.89. The maximum Gasteiger partial charge on any atom is 0.0707 e. The van der Waals surface area contributed by atoms with Gasteiger partial charge in [-0.3, -0.25) is 0 Å². The van der Waals surface area contributed by atoms with E-state index in [2.05, 4.69) is 27.7 Å². The van der Waals surface area contributed by atoms with Gasteiger partial charge in [0.05, 0.1) is 5.60 Å². The summed E-state index contributed by atoms with van der Waals surface area (Å²) in [7, 11) is 0. The van der Waals surface area contributed by atoms with Crippen LogP contribution in [-0.4, -0.2) is 38.6 Å². The summed E-state index contributed by atoms with van der Waals surface area (Å²) in [6.45, 7) is 13.2. The summed E-state index contributed by atoms with van der Waals surface area (Å²) in [4.78, 5) is 0. The minimum Gasteiger partial charge on any atom is -0.381 e. The SMILES string of the molecule is CCCOCCCOCCCOC1(C(C)C)CCCC(C)C1. The number of ether oxygens (including phenoxy) is 3. The van der Waals surface area contributed by atoms with E-state index in [4.69, 9.17) is 14.2 Å². The molecule has 0 aromatic rings. The van der Waals surface area contributed by atoms with Gasteiger partial charge in [-0.25, -0.2) is 0 Å². The van der Waals surface area contributed by atoms with Crippen molar-refractivity contribution in [3.8, 4) is 0 Å². The third-order valence-electron chi connectivity index (χ3n) is 4.79. The lowest BCUT2D eigenvalue weighted by molar-refractivity contribution is -0.115. The molecule has 1 aliphatic carbocycles. The second-order valence-electron chi connectivity index (χ2n) is 7.20. The van der Waals surface area contributed by atoms with Gasteiger partial charge in [0.25, 0.3) is 0 Å². The molecule has 0 N–H and O–H groups in total. The van der Waals surface area contributed by atoms with E-state index in [1.807, 2.05) is 0 Å². The Balaban J connectivity index is 2.07. The van der Waals surface area contributed by atoms with Gasteiger partial charge in [0.2, 0.25) is 0 Å². The first-order chi connectivity index (χ1) is 10.6. The zero-order valence-corrected chi connectivity index (χ0v) is 15.4. The Morgan fingerprint density at radius 2 is 1.64 bits per heavy atom. The smallest absolute Gasteiger partial charge is 0.0707 e. The molecule has 3 nitrogen and oxygen atoms in total. The zero-order chi connectivity index (χ0) is 16.3. The lowest BCUT2D eigenvalue weighted by Gasteiger charge is -2.43. The summed E-state index contributed by atoms with van der Waals surface area (Å²) in [6.07, 6.45) is 8.21. The normalized spacial score (nSPS) is 25.8. The van der Waals surface area contributed by atoms with Gasteiger partial charge in [-0.15, -0.1) is 0 Å². The molecule has 132 valence electrons. The molecule has 0 spiro atoms. The van der Waals surface area contributed by atoms with Crippen LogP contribution in [0.3, 0.4) is 0 Å². The Morgan fingerprint density at radius 1 is 1.00 bits per heavy atom. The standard InChI is InChI=1S/C19H38O3/c1-5-11-20-12-7-13-21-14-8-15-22-19(17(2)3)10-6-9-18(4)16-19/h17-18H,5-16H2,1-4H3. The van der Waals surface area contributed by atoms with Crippen LogP contribution < -0.4 is 0 Å². The fourth-order valence-electron chi connectivity index (χ4n) is 3.41. The van der Waals surface area contributed by atoms with Crippen molar-refractivity contribution in [2.75, 3.05) is 33.0 Å². The van der Waals surface area contributed by atoms with Crippen molar-refractivity contribution >= 4 is 0 Å². The molecular weight excluding hydrogens is 276 g/mol. The largest absolute Gasteiger partial charge is 0.381 e. The molecule has 1 fully saturated rings. The minimum absolute atomic E-state index is 0.117. The number of rotatable bonds is 12. The molecule has 2 atom stereocenters. The quantitative estimate of drug-likeness (QED) is 0.483. The van der Waals surface area contributed by atoms with Crippen LogP contribution in [0.2, 0.25) is 0 Å². The molecule has 0 bridgehead atoms. The van der Waals surface area contributed by atoms with Gasteiger partial charge < -0.3 is 14.2 Å². The summed E-state index contributed by atoms with van der Waals surface area (Å²) in [6, 6.07) is 0. The van der Waals surface area contributed by atoms with Crippen molar-refractivity contribution in [3.05, 3.63) is 0 Å². The lowest BCUT2D eigenvalue weighted by atomic mass is 9.73. The van der Waals surface area contributed by atoms with E-state index in [1.165, 1.54) is 25.7 Å². The third-order valence-corrected chi connectivity index (χ3v) is 4.79. The second-order valence-corrected chi connectivity index (χ2v) is 7.20. The Labute approximate surface area is 138 Å². The first-order valence-corrected chi connectivity index (χ1v) is 9.40. The summed E-state index contributed by atoms with van der Waals surface area (Å²) in [5, 5.41) is 0. The second kappa shape index (κ2) is 11.4. The molecule has 0 amide bonds. The van der Waals surface area contributed by atoms with Crippen molar-refractivity contribution < 1.29 is 14.2 Å². The van der Waals surface area contributed by atoms with Gasteiger partial charge in [0.15, 0.2) is 0 Å². The molecule has 0 radical (unpaired) electrons. The summed E-state index contributed by atoms with van der Waals surface area (Å²) >= 11 is 0. The van der Waals surface area contributed by atoms with E-state index in [1.54, 1.807) is 0 Å². The highest BCUT2D eigenvalue weighted by Crippen LogP contribution is 2.40. The van der Waals surface area contributed by atoms with E-state index < -0.39 is 0 Å². The Morgan fingerprint density at radius 3 is 2.23 bits per heavy atom. The van der Waals surface area contributed by atoms with Crippen molar-refractivity contribution in [3.63, 3.8) is 0 Å². The molecule has 0 heterocycles. The van der Waals surface area contributed by atoms with Gasteiger partial charge in [0, 0.05) is 33.0 Å².